The zero-order valence-corrected chi connectivity index (χ0v) is 18.9. The van der Waals surface area contributed by atoms with E-state index in [9.17, 15) is 19.2 Å². The van der Waals surface area contributed by atoms with Crippen molar-refractivity contribution in [1.29, 1.82) is 0 Å². The highest BCUT2D eigenvalue weighted by molar-refractivity contribution is 6.06. The Labute approximate surface area is 172 Å². The Kier molecular flexibility index (Phi) is 6.02. The van der Waals surface area contributed by atoms with E-state index in [1.54, 1.807) is 55.4 Å². The summed E-state index contributed by atoms with van der Waals surface area (Å²) in [5, 5.41) is 9.30. The minimum atomic E-state index is -0.825. The fourth-order valence-corrected chi connectivity index (χ4v) is 4.22. The maximum absolute atomic E-state index is 12.6. The molecule has 0 saturated carbocycles. The van der Waals surface area contributed by atoms with E-state index < -0.39 is 22.2 Å². The topological polar surface area (TPSA) is 111 Å². The van der Waals surface area contributed by atoms with Crippen LogP contribution in [0.4, 0.5) is 0 Å². The maximum Gasteiger partial charge on any atom is 0.249 e. The van der Waals surface area contributed by atoms with Crippen LogP contribution in [0.15, 0.2) is 0 Å². The minimum Gasteiger partial charge on any atom is -0.313 e. The fraction of sp³-hybridized carbons (Fsp3) is 0.800. The average Bonchev–Trinajstić information content (AvgIpc) is 2.55. The second kappa shape index (κ2) is 7.45. The Bertz CT molecular complexity index is 614. The number of hydrogen-bond acceptors (Lipinski definition) is 7. The van der Waals surface area contributed by atoms with Crippen molar-refractivity contribution in [1.82, 2.24) is 25.8 Å². The van der Waals surface area contributed by atoms with Crippen LogP contribution in [0.5, 0.6) is 0 Å². The van der Waals surface area contributed by atoms with Crippen LogP contribution in [0.25, 0.3) is 0 Å². The molecule has 2 aliphatic heterocycles. The van der Waals surface area contributed by atoms with Gasteiger partial charge in [-0.2, -0.15) is 0 Å². The third kappa shape index (κ3) is 4.51. The van der Waals surface area contributed by atoms with Crippen molar-refractivity contribution in [2.24, 2.45) is 0 Å². The van der Waals surface area contributed by atoms with Crippen molar-refractivity contribution < 1.29 is 19.2 Å². The zero-order chi connectivity index (χ0) is 22.4. The summed E-state index contributed by atoms with van der Waals surface area (Å²) in [5.74, 6) is -1.06. The van der Waals surface area contributed by atoms with Crippen LogP contribution in [0.1, 0.15) is 55.4 Å². The van der Waals surface area contributed by atoms with Gasteiger partial charge < -0.3 is 5.32 Å². The highest BCUT2D eigenvalue weighted by atomic mass is 16.2. The number of carbonyl (C=O) groups is 4. The van der Waals surface area contributed by atoms with E-state index >= 15 is 0 Å². The normalized spacial score (nSPS) is 25.5. The molecule has 0 aromatic rings. The molecule has 9 heteroatoms. The molecule has 0 aromatic carbocycles. The molecule has 2 fully saturated rings. The standard InChI is InChI=1S/C20H35N5O4/c1-17(2)13(26)24(14(27)18(3,4)22-17)11-9-21-10-12-25-15(28)19(5,6)23-20(7,8)16(25)29/h21-23H,9-12H2,1-8H3. The summed E-state index contributed by atoms with van der Waals surface area (Å²) >= 11 is 0. The maximum atomic E-state index is 12.6. The molecule has 0 unspecified atom stereocenters. The molecular formula is C20H35N5O4. The van der Waals surface area contributed by atoms with Gasteiger partial charge in [0, 0.05) is 26.2 Å². The van der Waals surface area contributed by atoms with Gasteiger partial charge in [-0.1, -0.05) is 0 Å². The molecule has 0 radical (unpaired) electrons. The highest BCUT2D eigenvalue weighted by Gasteiger charge is 2.50. The molecule has 0 bridgehead atoms. The van der Waals surface area contributed by atoms with Crippen LogP contribution in [-0.4, -0.2) is 81.8 Å². The third-order valence-electron chi connectivity index (χ3n) is 5.39. The van der Waals surface area contributed by atoms with E-state index in [0.717, 1.165) is 0 Å². The Balaban J connectivity index is 1.92. The fourth-order valence-electron chi connectivity index (χ4n) is 4.22. The second-order valence-corrected chi connectivity index (χ2v) is 10.0. The zero-order valence-electron chi connectivity index (χ0n) is 18.9. The predicted molar refractivity (Wildman–Crippen MR) is 109 cm³/mol. The van der Waals surface area contributed by atoms with Gasteiger partial charge in [0.25, 0.3) is 0 Å². The molecule has 29 heavy (non-hydrogen) atoms. The molecule has 0 atom stereocenters. The number of carbonyl (C=O) groups excluding carboxylic acids is 4. The summed E-state index contributed by atoms with van der Waals surface area (Å²) in [6.07, 6.45) is 0. The largest absolute Gasteiger partial charge is 0.313 e. The number of rotatable bonds is 6. The highest BCUT2D eigenvalue weighted by Crippen LogP contribution is 2.24. The van der Waals surface area contributed by atoms with E-state index in [0.29, 0.717) is 13.1 Å². The lowest BCUT2D eigenvalue weighted by atomic mass is 9.90. The first-order valence-corrected chi connectivity index (χ1v) is 10.1. The van der Waals surface area contributed by atoms with Gasteiger partial charge in [0.05, 0.1) is 22.2 Å². The van der Waals surface area contributed by atoms with Crippen molar-refractivity contribution in [3.8, 4) is 0 Å². The van der Waals surface area contributed by atoms with Crippen molar-refractivity contribution in [3.05, 3.63) is 0 Å². The van der Waals surface area contributed by atoms with Crippen LogP contribution < -0.4 is 16.0 Å². The number of hydrogen-bond donors (Lipinski definition) is 3. The number of piperazine rings is 2. The number of nitrogens with zero attached hydrogens (tertiary/aromatic N) is 2. The molecule has 2 heterocycles. The van der Waals surface area contributed by atoms with Crippen LogP contribution >= 0.6 is 0 Å². The molecule has 9 nitrogen and oxygen atoms in total. The van der Waals surface area contributed by atoms with E-state index in [1.807, 2.05) is 0 Å². The quantitative estimate of drug-likeness (QED) is 0.405. The first kappa shape index (κ1) is 23.4. The monoisotopic (exact) mass is 409 g/mol. The minimum absolute atomic E-state index is 0.229. The average molecular weight is 410 g/mol. The Morgan fingerprint density at radius 2 is 0.828 bits per heavy atom. The summed E-state index contributed by atoms with van der Waals surface area (Å²) in [6.45, 7) is 15.3. The second-order valence-electron chi connectivity index (χ2n) is 10.0. The number of imide groups is 2. The lowest BCUT2D eigenvalue weighted by Gasteiger charge is -2.45. The molecule has 0 aromatic heterocycles. The first-order valence-electron chi connectivity index (χ1n) is 10.1. The van der Waals surface area contributed by atoms with E-state index in [-0.39, 0.29) is 36.7 Å². The van der Waals surface area contributed by atoms with Crippen LogP contribution in [-0.2, 0) is 19.2 Å². The van der Waals surface area contributed by atoms with Gasteiger partial charge in [-0.3, -0.25) is 39.6 Å². The molecule has 4 amide bonds. The van der Waals surface area contributed by atoms with Crippen molar-refractivity contribution in [3.63, 3.8) is 0 Å². The van der Waals surface area contributed by atoms with Crippen LogP contribution in [0, 0.1) is 0 Å². The summed E-state index contributed by atoms with van der Waals surface area (Å²) in [5.41, 5.74) is -3.30. The molecule has 3 N–H and O–H groups in total. The SMILES string of the molecule is CC1(C)NC(C)(C)C(=O)N(CCNCCN2C(=O)C(C)(C)NC(C)(C)C2=O)C1=O. The molecule has 2 rings (SSSR count). The molecule has 0 aliphatic carbocycles. The van der Waals surface area contributed by atoms with Gasteiger partial charge in [-0.05, 0) is 55.4 Å². The van der Waals surface area contributed by atoms with Gasteiger partial charge in [-0.25, -0.2) is 0 Å². The molecule has 2 saturated heterocycles. The number of nitrogens with one attached hydrogen (secondary N) is 3. The molecular weight excluding hydrogens is 374 g/mol. The van der Waals surface area contributed by atoms with Crippen molar-refractivity contribution >= 4 is 23.6 Å². The Hall–Kier alpha value is -1.84. The molecule has 2 aliphatic rings. The van der Waals surface area contributed by atoms with Gasteiger partial charge in [-0.15, -0.1) is 0 Å². The Morgan fingerprint density at radius 1 is 0.586 bits per heavy atom. The van der Waals surface area contributed by atoms with E-state index in [1.165, 1.54) is 9.80 Å². The van der Waals surface area contributed by atoms with E-state index in [4.69, 9.17) is 0 Å². The lowest BCUT2D eigenvalue weighted by molar-refractivity contribution is -0.159. The lowest BCUT2D eigenvalue weighted by Crippen LogP contribution is -2.73. The van der Waals surface area contributed by atoms with Gasteiger partial charge >= 0.3 is 0 Å². The van der Waals surface area contributed by atoms with Gasteiger partial charge in [0.2, 0.25) is 23.6 Å². The summed E-state index contributed by atoms with van der Waals surface area (Å²) in [7, 11) is 0. The Morgan fingerprint density at radius 3 is 1.07 bits per heavy atom. The molecule has 0 spiro atoms. The van der Waals surface area contributed by atoms with Crippen LogP contribution in [0.2, 0.25) is 0 Å². The van der Waals surface area contributed by atoms with E-state index in [2.05, 4.69) is 16.0 Å². The summed E-state index contributed by atoms with van der Waals surface area (Å²) < 4.78 is 0. The smallest absolute Gasteiger partial charge is 0.249 e. The first-order chi connectivity index (χ1) is 13.0. The third-order valence-corrected chi connectivity index (χ3v) is 5.39. The predicted octanol–water partition coefficient (Wildman–Crippen LogP) is -0.393. The number of amides is 4. The summed E-state index contributed by atoms with van der Waals surface area (Å²) in [4.78, 5) is 52.9. The van der Waals surface area contributed by atoms with Gasteiger partial charge in [0.1, 0.15) is 0 Å². The van der Waals surface area contributed by atoms with Crippen LogP contribution in [0.3, 0.4) is 0 Å². The van der Waals surface area contributed by atoms with Gasteiger partial charge in [0.15, 0.2) is 0 Å². The summed E-state index contributed by atoms with van der Waals surface area (Å²) in [6, 6.07) is 0. The van der Waals surface area contributed by atoms with Crippen molar-refractivity contribution in [2.45, 2.75) is 77.5 Å². The molecule has 164 valence electrons. The van der Waals surface area contributed by atoms with Crippen molar-refractivity contribution in [2.75, 3.05) is 26.2 Å².